The van der Waals surface area contributed by atoms with Crippen molar-refractivity contribution in [2.45, 2.75) is 6.92 Å². The van der Waals surface area contributed by atoms with E-state index < -0.39 is 0 Å². The van der Waals surface area contributed by atoms with Gasteiger partial charge in [-0.2, -0.15) is 4.98 Å². The van der Waals surface area contributed by atoms with Crippen LogP contribution in [-0.2, 0) is 0 Å². The third-order valence-electron chi connectivity index (χ3n) is 1.72. The Labute approximate surface area is 80.7 Å². The maximum atomic E-state index is 5.07. The van der Waals surface area contributed by atoms with Gasteiger partial charge in [-0.15, -0.1) is 0 Å². The first-order valence-corrected chi connectivity index (χ1v) is 4.11. The summed E-state index contributed by atoms with van der Waals surface area (Å²) in [5.41, 5.74) is 0.704. The molecule has 5 heteroatoms. The molecule has 2 aromatic heterocycles. The van der Waals surface area contributed by atoms with E-state index in [0.717, 1.165) is 0 Å². The molecule has 0 aliphatic rings. The van der Waals surface area contributed by atoms with Gasteiger partial charge in [0.2, 0.25) is 5.88 Å². The average Bonchev–Trinajstić information content (AvgIpc) is 2.65. The summed E-state index contributed by atoms with van der Waals surface area (Å²) in [6.07, 6.45) is 1.64. The number of rotatable bonds is 2. The van der Waals surface area contributed by atoms with Crippen molar-refractivity contribution in [3.05, 3.63) is 24.2 Å². The fraction of sp³-hybridized carbons (Fsp3) is 0.222. The molecule has 5 nitrogen and oxygen atoms in total. The lowest BCUT2D eigenvalue weighted by atomic mass is 10.3. The van der Waals surface area contributed by atoms with Crippen LogP contribution >= 0.6 is 0 Å². The normalized spacial score (nSPS) is 10.1. The Morgan fingerprint density at radius 1 is 1.43 bits per heavy atom. The van der Waals surface area contributed by atoms with E-state index in [1.54, 1.807) is 26.3 Å². The largest absolute Gasteiger partial charge is 0.480 e. The minimum atomic E-state index is 0.424. The Morgan fingerprint density at radius 3 is 2.93 bits per heavy atom. The third kappa shape index (κ3) is 1.44. The van der Waals surface area contributed by atoms with Crippen LogP contribution in [0.5, 0.6) is 5.88 Å². The van der Waals surface area contributed by atoms with Crippen LogP contribution in [0, 0.1) is 6.92 Å². The quantitative estimate of drug-likeness (QED) is 0.718. The zero-order valence-electron chi connectivity index (χ0n) is 7.89. The summed E-state index contributed by atoms with van der Waals surface area (Å²) in [4.78, 5) is 8.12. The molecule has 0 unspecified atom stereocenters. The molecule has 0 bridgehead atoms. The zero-order valence-corrected chi connectivity index (χ0v) is 7.89. The number of pyridine rings is 1. The molecule has 0 aliphatic heterocycles. The summed E-state index contributed by atoms with van der Waals surface area (Å²) >= 11 is 0. The SMILES string of the molecule is COc1ncccc1-c1nc(C)no1. The number of aryl methyl sites for hydroxylation is 1. The molecule has 2 aromatic rings. The number of nitrogens with zero attached hydrogens (tertiary/aromatic N) is 3. The van der Waals surface area contributed by atoms with Gasteiger partial charge in [0, 0.05) is 6.20 Å². The summed E-state index contributed by atoms with van der Waals surface area (Å²) in [5, 5.41) is 3.70. The van der Waals surface area contributed by atoms with Crippen molar-refractivity contribution in [2.75, 3.05) is 7.11 Å². The molecule has 0 saturated heterocycles. The molecule has 0 aromatic carbocycles. The predicted octanol–water partition coefficient (Wildman–Crippen LogP) is 1.45. The number of ether oxygens (including phenoxy) is 1. The second-order valence-electron chi connectivity index (χ2n) is 2.71. The Bertz CT molecular complexity index is 439. The minimum Gasteiger partial charge on any atom is -0.480 e. The van der Waals surface area contributed by atoms with Crippen molar-refractivity contribution in [1.29, 1.82) is 0 Å². The molecule has 14 heavy (non-hydrogen) atoms. The van der Waals surface area contributed by atoms with Crippen LogP contribution < -0.4 is 4.74 Å². The standard InChI is InChI=1S/C9H9N3O2/c1-6-11-9(14-12-6)7-4-3-5-10-8(7)13-2/h3-5H,1-2H3. The van der Waals surface area contributed by atoms with Crippen LogP contribution in [-0.4, -0.2) is 22.2 Å². The first-order chi connectivity index (χ1) is 6.81. The summed E-state index contributed by atoms with van der Waals surface area (Å²) in [7, 11) is 1.55. The van der Waals surface area contributed by atoms with E-state index in [1.165, 1.54) is 0 Å². The second-order valence-corrected chi connectivity index (χ2v) is 2.71. The number of hydrogen-bond acceptors (Lipinski definition) is 5. The van der Waals surface area contributed by atoms with E-state index in [2.05, 4.69) is 15.1 Å². The lowest BCUT2D eigenvalue weighted by Crippen LogP contribution is -1.90. The van der Waals surface area contributed by atoms with Crippen LogP contribution in [0.3, 0.4) is 0 Å². The Balaban J connectivity index is 2.50. The molecule has 0 N–H and O–H groups in total. The Kier molecular flexibility index (Phi) is 2.14. The van der Waals surface area contributed by atoms with Crippen LogP contribution in [0.25, 0.3) is 11.5 Å². The van der Waals surface area contributed by atoms with Gasteiger partial charge >= 0.3 is 0 Å². The van der Waals surface area contributed by atoms with E-state index in [-0.39, 0.29) is 0 Å². The van der Waals surface area contributed by atoms with E-state index in [9.17, 15) is 0 Å². The molecule has 0 radical (unpaired) electrons. The maximum Gasteiger partial charge on any atom is 0.263 e. The number of hydrogen-bond donors (Lipinski definition) is 0. The van der Waals surface area contributed by atoms with E-state index in [1.807, 2.05) is 6.07 Å². The van der Waals surface area contributed by atoms with E-state index in [0.29, 0.717) is 23.2 Å². The molecule has 0 atom stereocenters. The first-order valence-electron chi connectivity index (χ1n) is 4.11. The van der Waals surface area contributed by atoms with Gasteiger partial charge < -0.3 is 9.26 Å². The highest BCUT2D eigenvalue weighted by Crippen LogP contribution is 2.25. The molecule has 0 amide bonds. The van der Waals surface area contributed by atoms with Gasteiger partial charge in [0.15, 0.2) is 5.82 Å². The van der Waals surface area contributed by atoms with Crippen molar-refractivity contribution in [3.8, 4) is 17.3 Å². The fourth-order valence-corrected chi connectivity index (χ4v) is 1.12. The minimum absolute atomic E-state index is 0.424. The van der Waals surface area contributed by atoms with Crippen molar-refractivity contribution >= 4 is 0 Å². The molecular weight excluding hydrogens is 182 g/mol. The highest BCUT2D eigenvalue weighted by Gasteiger charge is 2.12. The van der Waals surface area contributed by atoms with Crippen LogP contribution in [0.4, 0.5) is 0 Å². The highest BCUT2D eigenvalue weighted by atomic mass is 16.5. The fourth-order valence-electron chi connectivity index (χ4n) is 1.12. The number of methoxy groups -OCH3 is 1. The van der Waals surface area contributed by atoms with Crippen LogP contribution in [0.15, 0.2) is 22.9 Å². The van der Waals surface area contributed by atoms with Crippen molar-refractivity contribution < 1.29 is 9.26 Å². The molecule has 0 saturated carbocycles. The molecular formula is C9H9N3O2. The molecule has 72 valence electrons. The second kappa shape index (κ2) is 3.45. The molecule has 0 aliphatic carbocycles. The molecule has 2 heterocycles. The third-order valence-corrected chi connectivity index (χ3v) is 1.72. The van der Waals surface area contributed by atoms with Gasteiger partial charge in [-0.05, 0) is 19.1 Å². The number of aromatic nitrogens is 3. The first kappa shape index (κ1) is 8.68. The topological polar surface area (TPSA) is 61.0 Å². The zero-order chi connectivity index (χ0) is 9.97. The lowest BCUT2D eigenvalue weighted by molar-refractivity contribution is 0.391. The van der Waals surface area contributed by atoms with Crippen molar-refractivity contribution in [1.82, 2.24) is 15.1 Å². The van der Waals surface area contributed by atoms with Gasteiger partial charge in [0.05, 0.1) is 7.11 Å². The van der Waals surface area contributed by atoms with E-state index >= 15 is 0 Å². The average molecular weight is 191 g/mol. The Hall–Kier alpha value is -1.91. The van der Waals surface area contributed by atoms with Crippen molar-refractivity contribution in [3.63, 3.8) is 0 Å². The monoisotopic (exact) mass is 191 g/mol. The molecule has 2 rings (SSSR count). The van der Waals surface area contributed by atoms with Crippen LogP contribution in [0.1, 0.15) is 5.82 Å². The van der Waals surface area contributed by atoms with Gasteiger partial charge in [-0.25, -0.2) is 4.98 Å². The predicted molar refractivity (Wildman–Crippen MR) is 48.8 cm³/mol. The maximum absolute atomic E-state index is 5.07. The lowest BCUT2D eigenvalue weighted by Gasteiger charge is -2.01. The summed E-state index contributed by atoms with van der Waals surface area (Å²) in [6.45, 7) is 1.76. The Morgan fingerprint density at radius 2 is 2.29 bits per heavy atom. The van der Waals surface area contributed by atoms with Gasteiger partial charge in [0.25, 0.3) is 5.89 Å². The summed E-state index contributed by atoms with van der Waals surface area (Å²) in [6, 6.07) is 3.61. The van der Waals surface area contributed by atoms with E-state index in [4.69, 9.17) is 9.26 Å². The van der Waals surface area contributed by atoms with Gasteiger partial charge in [-0.1, -0.05) is 5.16 Å². The van der Waals surface area contributed by atoms with Gasteiger partial charge in [-0.3, -0.25) is 0 Å². The molecule has 0 spiro atoms. The molecule has 0 fully saturated rings. The summed E-state index contributed by atoms with van der Waals surface area (Å²) < 4.78 is 10.1. The van der Waals surface area contributed by atoms with Crippen LogP contribution in [0.2, 0.25) is 0 Å². The van der Waals surface area contributed by atoms with Gasteiger partial charge in [0.1, 0.15) is 5.56 Å². The van der Waals surface area contributed by atoms with Crippen molar-refractivity contribution in [2.24, 2.45) is 0 Å². The smallest absolute Gasteiger partial charge is 0.263 e. The summed E-state index contributed by atoms with van der Waals surface area (Å²) in [5.74, 6) is 1.49. The highest BCUT2D eigenvalue weighted by molar-refractivity contribution is 5.59.